The van der Waals surface area contributed by atoms with E-state index in [1.807, 2.05) is 20.8 Å². The van der Waals surface area contributed by atoms with Crippen LogP contribution in [0.15, 0.2) is 12.5 Å². The third-order valence-corrected chi connectivity index (χ3v) is 5.51. The topological polar surface area (TPSA) is 200 Å². The molecule has 0 saturated carbocycles. The van der Waals surface area contributed by atoms with Crippen LogP contribution in [-0.2, 0) is 25.6 Å². The Morgan fingerprint density at radius 1 is 1.03 bits per heavy atom. The van der Waals surface area contributed by atoms with Gasteiger partial charge in [0.1, 0.15) is 12.1 Å². The van der Waals surface area contributed by atoms with Crippen LogP contribution in [0.4, 0.5) is 0 Å². The minimum atomic E-state index is -1.56. The van der Waals surface area contributed by atoms with E-state index in [4.69, 9.17) is 5.73 Å². The highest BCUT2D eigenvalue weighted by Gasteiger charge is 2.33. The van der Waals surface area contributed by atoms with E-state index in [1.54, 1.807) is 6.92 Å². The van der Waals surface area contributed by atoms with Gasteiger partial charge in [-0.25, -0.2) is 9.78 Å². The van der Waals surface area contributed by atoms with Gasteiger partial charge in [-0.3, -0.25) is 14.4 Å². The summed E-state index contributed by atoms with van der Waals surface area (Å²) in [5, 5.41) is 26.5. The molecule has 34 heavy (non-hydrogen) atoms. The number of nitrogens with one attached hydrogen (secondary N) is 4. The number of aliphatic hydroxyl groups is 1. The molecule has 0 radical (unpaired) electrons. The number of carbonyl (C=O) groups is 4. The number of nitrogens with two attached hydrogens (primary N) is 1. The van der Waals surface area contributed by atoms with Crippen molar-refractivity contribution < 1.29 is 29.4 Å². The molecule has 6 unspecified atom stereocenters. The molecule has 0 aliphatic heterocycles. The Labute approximate surface area is 199 Å². The van der Waals surface area contributed by atoms with E-state index >= 15 is 0 Å². The fourth-order valence-electron chi connectivity index (χ4n) is 3.31. The Bertz CT molecular complexity index is 813. The number of rotatable bonds is 14. The number of H-pyrrole nitrogens is 1. The molecule has 1 aromatic heterocycles. The molecule has 12 nitrogen and oxygen atoms in total. The Kier molecular flexibility index (Phi) is 11.7. The fourth-order valence-corrected chi connectivity index (χ4v) is 3.31. The van der Waals surface area contributed by atoms with Gasteiger partial charge in [-0.1, -0.05) is 34.1 Å². The van der Waals surface area contributed by atoms with Crippen LogP contribution >= 0.6 is 0 Å². The predicted molar refractivity (Wildman–Crippen MR) is 124 cm³/mol. The lowest BCUT2D eigenvalue weighted by Crippen LogP contribution is -2.60. The van der Waals surface area contributed by atoms with Gasteiger partial charge in [0.15, 0.2) is 6.04 Å². The zero-order valence-electron chi connectivity index (χ0n) is 20.4. The van der Waals surface area contributed by atoms with Crippen molar-refractivity contribution in [2.24, 2.45) is 17.6 Å². The Hall–Kier alpha value is -2.99. The molecule has 1 aromatic rings. The van der Waals surface area contributed by atoms with Crippen LogP contribution < -0.4 is 21.7 Å². The summed E-state index contributed by atoms with van der Waals surface area (Å²) < 4.78 is 0. The van der Waals surface area contributed by atoms with E-state index in [2.05, 4.69) is 25.9 Å². The number of aromatic amines is 1. The number of hydrogen-bond donors (Lipinski definition) is 7. The van der Waals surface area contributed by atoms with Gasteiger partial charge in [0.2, 0.25) is 17.7 Å². The highest BCUT2D eigenvalue weighted by molar-refractivity contribution is 5.94. The van der Waals surface area contributed by atoms with Crippen LogP contribution in [0.1, 0.15) is 53.2 Å². The first-order valence-corrected chi connectivity index (χ1v) is 11.4. The molecule has 6 atom stereocenters. The normalized spacial score (nSPS) is 16.6. The molecule has 192 valence electrons. The second-order valence-electron chi connectivity index (χ2n) is 9.02. The second kappa shape index (κ2) is 13.7. The molecule has 3 amide bonds. The standard InChI is InChI=1S/C22H38N6O6/c1-6-12(4)17(27-19(30)15(23)7-11(2)3)21(32)26-16(8-14-9-24-10-25-14)20(31)28-18(13(5)29)22(33)34/h9-13,15-18,29H,6-8,23H2,1-5H3,(H,24,25)(H,26,32)(H,27,30)(H,28,31)(H,33,34). The van der Waals surface area contributed by atoms with Gasteiger partial charge < -0.3 is 36.9 Å². The van der Waals surface area contributed by atoms with Gasteiger partial charge in [-0.15, -0.1) is 0 Å². The number of hydrogen-bond acceptors (Lipinski definition) is 7. The third kappa shape index (κ3) is 9.10. The van der Waals surface area contributed by atoms with Crippen molar-refractivity contribution >= 4 is 23.7 Å². The van der Waals surface area contributed by atoms with Crippen LogP contribution in [-0.4, -0.2) is 74.1 Å². The lowest BCUT2D eigenvalue weighted by molar-refractivity contribution is -0.145. The molecular formula is C22H38N6O6. The van der Waals surface area contributed by atoms with Gasteiger partial charge in [0.05, 0.1) is 18.5 Å². The molecule has 0 spiro atoms. The Morgan fingerprint density at radius 3 is 2.12 bits per heavy atom. The van der Waals surface area contributed by atoms with Gasteiger partial charge in [-0.2, -0.15) is 0 Å². The van der Waals surface area contributed by atoms with Crippen LogP contribution in [0.5, 0.6) is 0 Å². The predicted octanol–water partition coefficient (Wildman–Crippen LogP) is -0.708. The summed E-state index contributed by atoms with van der Waals surface area (Å²) in [5.74, 6) is -3.38. The zero-order chi connectivity index (χ0) is 26.0. The van der Waals surface area contributed by atoms with Crippen molar-refractivity contribution in [3.8, 4) is 0 Å². The summed E-state index contributed by atoms with van der Waals surface area (Å²) in [7, 11) is 0. The maximum absolute atomic E-state index is 13.2. The summed E-state index contributed by atoms with van der Waals surface area (Å²) in [4.78, 5) is 56.8. The van der Waals surface area contributed by atoms with Crippen molar-refractivity contribution in [3.63, 3.8) is 0 Å². The molecule has 8 N–H and O–H groups in total. The molecule has 0 fully saturated rings. The van der Waals surface area contributed by atoms with Gasteiger partial charge in [-0.05, 0) is 25.2 Å². The number of aromatic nitrogens is 2. The maximum Gasteiger partial charge on any atom is 0.328 e. The molecular weight excluding hydrogens is 444 g/mol. The minimum absolute atomic E-state index is 0.0161. The first kappa shape index (κ1) is 29.0. The highest BCUT2D eigenvalue weighted by atomic mass is 16.4. The van der Waals surface area contributed by atoms with E-state index in [0.29, 0.717) is 18.5 Å². The zero-order valence-corrected chi connectivity index (χ0v) is 20.4. The molecule has 0 aromatic carbocycles. The van der Waals surface area contributed by atoms with E-state index in [9.17, 15) is 29.4 Å². The smallest absolute Gasteiger partial charge is 0.328 e. The first-order valence-electron chi connectivity index (χ1n) is 11.4. The van der Waals surface area contributed by atoms with E-state index in [-0.39, 0.29) is 18.3 Å². The fraction of sp³-hybridized carbons (Fsp3) is 0.682. The molecule has 1 heterocycles. The van der Waals surface area contributed by atoms with Crippen LogP contribution in [0.25, 0.3) is 0 Å². The Morgan fingerprint density at radius 2 is 1.65 bits per heavy atom. The van der Waals surface area contributed by atoms with Gasteiger partial charge in [0.25, 0.3) is 0 Å². The summed E-state index contributed by atoms with van der Waals surface area (Å²) >= 11 is 0. The lowest BCUT2D eigenvalue weighted by atomic mass is 9.96. The van der Waals surface area contributed by atoms with E-state index in [0.717, 1.165) is 0 Å². The molecule has 0 aliphatic carbocycles. The Balaban J connectivity index is 3.08. The number of aliphatic hydroxyl groups excluding tert-OH is 1. The largest absolute Gasteiger partial charge is 0.480 e. The molecule has 1 rings (SSSR count). The molecule has 0 aliphatic rings. The van der Waals surface area contributed by atoms with Gasteiger partial charge in [0, 0.05) is 18.3 Å². The lowest BCUT2D eigenvalue weighted by Gasteiger charge is -2.28. The summed E-state index contributed by atoms with van der Waals surface area (Å²) in [6.07, 6.45) is 2.51. The van der Waals surface area contributed by atoms with Crippen molar-refractivity contribution in [1.82, 2.24) is 25.9 Å². The van der Waals surface area contributed by atoms with Gasteiger partial charge >= 0.3 is 5.97 Å². The number of amides is 3. The molecule has 12 heteroatoms. The summed E-state index contributed by atoms with van der Waals surface area (Å²) in [6, 6.07) is -4.50. The number of carboxylic acids is 1. The van der Waals surface area contributed by atoms with Crippen LogP contribution in [0.3, 0.4) is 0 Å². The van der Waals surface area contributed by atoms with Crippen molar-refractivity contribution in [1.29, 1.82) is 0 Å². The van der Waals surface area contributed by atoms with Crippen molar-refractivity contribution in [2.45, 2.75) is 84.2 Å². The van der Waals surface area contributed by atoms with Crippen molar-refractivity contribution in [2.75, 3.05) is 0 Å². The second-order valence-corrected chi connectivity index (χ2v) is 9.02. The number of nitrogens with zero attached hydrogens (tertiary/aromatic N) is 1. The summed E-state index contributed by atoms with van der Waals surface area (Å²) in [5.41, 5.74) is 6.48. The number of aliphatic carboxylic acids is 1. The molecule has 0 saturated heterocycles. The SMILES string of the molecule is CCC(C)C(NC(=O)C(N)CC(C)C)C(=O)NC(Cc1cnc[nH]1)C(=O)NC(C(=O)O)C(C)O. The van der Waals surface area contributed by atoms with E-state index in [1.165, 1.54) is 19.4 Å². The van der Waals surface area contributed by atoms with Crippen LogP contribution in [0, 0.1) is 11.8 Å². The number of carbonyl (C=O) groups excluding carboxylic acids is 3. The summed E-state index contributed by atoms with van der Waals surface area (Å²) in [6.45, 7) is 8.75. The number of carboxylic acid groups (broad SMARTS) is 1. The highest BCUT2D eigenvalue weighted by Crippen LogP contribution is 2.11. The average Bonchev–Trinajstić information content (AvgIpc) is 3.26. The molecule has 0 bridgehead atoms. The average molecular weight is 483 g/mol. The maximum atomic E-state index is 13.2. The number of imidazole rings is 1. The van der Waals surface area contributed by atoms with Crippen molar-refractivity contribution in [3.05, 3.63) is 18.2 Å². The first-order chi connectivity index (χ1) is 15.9. The van der Waals surface area contributed by atoms with Crippen LogP contribution in [0.2, 0.25) is 0 Å². The monoisotopic (exact) mass is 482 g/mol. The van der Waals surface area contributed by atoms with E-state index < -0.39 is 54.0 Å². The third-order valence-electron chi connectivity index (χ3n) is 5.51. The minimum Gasteiger partial charge on any atom is -0.480 e. The quantitative estimate of drug-likeness (QED) is 0.180.